The van der Waals surface area contributed by atoms with Crippen LogP contribution in [0.25, 0.3) is 44.4 Å². The third-order valence-electron chi connectivity index (χ3n) is 8.82. The SMILES string of the molecule is CCc1ccc(CC(C)C)c(CC)c1-c1cnn(-c2cccc(Oc3ccc4c5ccccc5n(-c5cc(C)ccn5)c4c3)c2)c1. The maximum Gasteiger partial charge on any atom is 0.137 e. The minimum Gasteiger partial charge on any atom is -0.457 e. The van der Waals surface area contributed by atoms with Gasteiger partial charge in [-0.25, -0.2) is 9.67 Å². The highest BCUT2D eigenvalue weighted by Gasteiger charge is 2.17. The molecule has 0 unspecified atom stereocenters. The first-order chi connectivity index (χ1) is 22.4. The molecule has 0 aliphatic heterocycles. The molecule has 0 fully saturated rings. The molecule has 0 amide bonds. The Balaban J connectivity index is 1.24. The normalized spacial score (nSPS) is 11.6. The number of rotatable bonds is 9. The van der Waals surface area contributed by atoms with Crippen molar-refractivity contribution in [2.45, 2.75) is 53.9 Å². The third-order valence-corrected chi connectivity index (χ3v) is 8.82. The fourth-order valence-corrected chi connectivity index (χ4v) is 6.75. The first kappa shape index (κ1) is 29.5. The van der Waals surface area contributed by atoms with Crippen LogP contribution >= 0.6 is 0 Å². The first-order valence-corrected chi connectivity index (χ1v) is 16.4. The Morgan fingerprint density at radius 3 is 2.37 bits per heavy atom. The van der Waals surface area contributed by atoms with Crippen molar-refractivity contribution in [3.8, 4) is 34.1 Å². The van der Waals surface area contributed by atoms with Crippen molar-refractivity contribution in [2.75, 3.05) is 0 Å². The van der Waals surface area contributed by atoms with Crippen LogP contribution in [0.2, 0.25) is 0 Å². The Labute approximate surface area is 271 Å². The van der Waals surface area contributed by atoms with Gasteiger partial charge in [0.2, 0.25) is 0 Å². The van der Waals surface area contributed by atoms with E-state index in [0.29, 0.717) is 5.92 Å². The van der Waals surface area contributed by atoms with E-state index in [1.165, 1.54) is 38.6 Å². The van der Waals surface area contributed by atoms with E-state index >= 15 is 0 Å². The number of ether oxygens (including phenoxy) is 1. The van der Waals surface area contributed by atoms with E-state index in [0.717, 1.165) is 58.9 Å². The van der Waals surface area contributed by atoms with E-state index in [4.69, 9.17) is 14.8 Å². The number of para-hydroxylation sites is 1. The second kappa shape index (κ2) is 12.3. The molecule has 3 heterocycles. The second-order valence-electron chi connectivity index (χ2n) is 12.5. The van der Waals surface area contributed by atoms with Gasteiger partial charge in [-0.05, 0) is 102 Å². The van der Waals surface area contributed by atoms with Crippen LogP contribution in [-0.4, -0.2) is 19.3 Å². The van der Waals surface area contributed by atoms with Gasteiger partial charge in [0.15, 0.2) is 0 Å². The molecule has 7 rings (SSSR count). The summed E-state index contributed by atoms with van der Waals surface area (Å²) in [6.45, 7) is 11.2. The van der Waals surface area contributed by atoms with Gasteiger partial charge in [0.1, 0.15) is 17.3 Å². The number of hydrogen-bond acceptors (Lipinski definition) is 3. The van der Waals surface area contributed by atoms with Crippen molar-refractivity contribution in [1.82, 2.24) is 19.3 Å². The molecule has 230 valence electrons. The van der Waals surface area contributed by atoms with Crippen LogP contribution in [0.4, 0.5) is 0 Å². The van der Waals surface area contributed by atoms with E-state index in [-0.39, 0.29) is 0 Å². The minimum absolute atomic E-state index is 0.611. The Kier molecular flexibility index (Phi) is 7.91. The van der Waals surface area contributed by atoms with Gasteiger partial charge in [-0.3, -0.25) is 4.57 Å². The molecular weight excluding hydrogens is 564 g/mol. The van der Waals surface area contributed by atoms with Crippen molar-refractivity contribution < 1.29 is 4.74 Å². The molecule has 0 radical (unpaired) electrons. The topological polar surface area (TPSA) is 44.9 Å². The van der Waals surface area contributed by atoms with Gasteiger partial charge in [0.25, 0.3) is 0 Å². The lowest BCUT2D eigenvalue weighted by Gasteiger charge is -2.18. The second-order valence-corrected chi connectivity index (χ2v) is 12.5. The van der Waals surface area contributed by atoms with Crippen molar-refractivity contribution in [2.24, 2.45) is 5.92 Å². The van der Waals surface area contributed by atoms with Crippen LogP contribution in [-0.2, 0) is 19.3 Å². The van der Waals surface area contributed by atoms with Crippen molar-refractivity contribution >= 4 is 21.8 Å². The van der Waals surface area contributed by atoms with Crippen LogP contribution in [0.15, 0.2) is 110 Å². The highest BCUT2D eigenvalue weighted by atomic mass is 16.5. The average Bonchev–Trinajstić information content (AvgIpc) is 3.67. The Morgan fingerprint density at radius 2 is 1.57 bits per heavy atom. The predicted molar refractivity (Wildman–Crippen MR) is 190 cm³/mol. The molecule has 7 aromatic rings. The molecule has 46 heavy (non-hydrogen) atoms. The standard InChI is InChI=1S/C41H40N4O/c1-6-29-15-16-30(21-27(3)4)35(7-2)41(29)31-25-43-44(26-31)32-11-10-12-33(23-32)46-34-17-18-37-36-13-8-9-14-38(36)45(39(37)24-34)40-22-28(5)19-20-42-40/h8-20,22-27H,6-7,21H2,1-5H3. The van der Waals surface area contributed by atoms with E-state index in [1.807, 2.05) is 41.3 Å². The zero-order valence-electron chi connectivity index (χ0n) is 27.3. The first-order valence-electron chi connectivity index (χ1n) is 16.4. The van der Waals surface area contributed by atoms with E-state index in [1.54, 1.807) is 0 Å². The lowest BCUT2D eigenvalue weighted by atomic mass is 9.87. The van der Waals surface area contributed by atoms with Crippen molar-refractivity contribution in [3.63, 3.8) is 0 Å². The number of fused-ring (bicyclic) bond motifs is 3. The highest BCUT2D eigenvalue weighted by Crippen LogP contribution is 2.36. The van der Waals surface area contributed by atoms with Gasteiger partial charge in [-0.1, -0.05) is 64.1 Å². The largest absolute Gasteiger partial charge is 0.457 e. The van der Waals surface area contributed by atoms with Gasteiger partial charge in [-0.15, -0.1) is 0 Å². The summed E-state index contributed by atoms with van der Waals surface area (Å²) in [5, 5.41) is 7.18. The molecule has 0 atom stereocenters. The fraction of sp³-hybridized carbons (Fsp3) is 0.220. The van der Waals surface area contributed by atoms with Gasteiger partial charge in [-0.2, -0.15) is 5.10 Å². The van der Waals surface area contributed by atoms with E-state index in [9.17, 15) is 0 Å². The van der Waals surface area contributed by atoms with Crippen molar-refractivity contribution in [1.29, 1.82) is 0 Å². The lowest BCUT2D eigenvalue weighted by Crippen LogP contribution is -2.03. The molecule has 0 saturated heterocycles. The minimum atomic E-state index is 0.611. The van der Waals surface area contributed by atoms with Crippen molar-refractivity contribution in [3.05, 3.63) is 132 Å². The summed E-state index contributed by atoms with van der Waals surface area (Å²) >= 11 is 0. The molecule has 0 spiro atoms. The fourth-order valence-electron chi connectivity index (χ4n) is 6.75. The van der Waals surface area contributed by atoms with E-state index in [2.05, 4.69) is 112 Å². The Bertz CT molecular complexity index is 2190. The maximum atomic E-state index is 6.50. The summed E-state index contributed by atoms with van der Waals surface area (Å²) in [4.78, 5) is 4.72. The number of hydrogen-bond donors (Lipinski definition) is 0. The summed E-state index contributed by atoms with van der Waals surface area (Å²) < 4.78 is 10.7. The Hall–Kier alpha value is -5.16. The van der Waals surface area contributed by atoms with Crippen LogP contribution < -0.4 is 4.74 Å². The quantitative estimate of drug-likeness (QED) is 0.165. The smallest absolute Gasteiger partial charge is 0.137 e. The molecule has 0 bridgehead atoms. The van der Waals surface area contributed by atoms with Crippen LogP contribution in [0.1, 0.15) is 49.9 Å². The molecule has 0 saturated carbocycles. The molecule has 3 aromatic heterocycles. The maximum absolute atomic E-state index is 6.50. The molecular formula is C41H40N4O. The van der Waals surface area contributed by atoms with Gasteiger partial charge < -0.3 is 4.74 Å². The summed E-state index contributed by atoms with van der Waals surface area (Å²) in [5.74, 6) is 3.03. The van der Waals surface area contributed by atoms with Crippen LogP contribution in [0, 0.1) is 12.8 Å². The number of benzene rings is 4. The third kappa shape index (κ3) is 5.47. The molecule has 0 aliphatic rings. The zero-order chi connectivity index (χ0) is 31.8. The van der Waals surface area contributed by atoms with Crippen LogP contribution in [0.5, 0.6) is 11.5 Å². The summed E-state index contributed by atoms with van der Waals surface area (Å²) in [6, 6.07) is 31.7. The summed E-state index contributed by atoms with van der Waals surface area (Å²) in [6.07, 6.45) is 9.11. The molecule has 0 aliphatic carbocycles. The summed E-state index contributed by atoms with van der Waals surface area (Å²) in [5.41, 5.74) is 11.1. The number of nitrogens with zero attached hydrogens (tertiary/aromatic N) is 4. The molecule has 0 N–H and O–H groups in total. The molecule has 5 heteroatoms. The van der Waals surface area contributed by atoms with E-state index < -0.39 is 0 Å². The zero-order valence-corrected chi connectivity index (χ0v) is 27.3. The average molecular weight is 605 g/mol. The van der Waals surface area contributed by atoms with Crippen LogP contribution in [0.3, 0.4) is 0 Å². The number of aryl methyl sites for hydroxylation is 2. The predicted octanol–water partition coefficient (Wildman–Crippen LogP) is 10.5. The number of aromatic nitrogens is 4. The lowest BCUT2D eigenvalue weighted by molar-refractivity contribution is 0.483. The molecule has 5 nitrogen and oxygen atoms in total. The number of pyridine rings is 1. The van der Waals surface area contributed by atoms with Gasteiger partial charge in [0.05, 0.1) is 22.9 Å². The highest BCUT2D eigenvalue weighted by molar-refractivity contribution is 6.09. The Morgan fingerprint density at radius 1 is 0.761 bits per heavy atom. The van der Waals surface area contributed by atoms with Gasteiger partial charge in [0, 0.05) is 40.9 Å². The molecule has 4 aromatic carbocycles. The summed E-state index contributed by atoms with van der Waals surface area (Å²) in [7, 11) is 0. The van der Waals surface area contributed by atoms with Gasteiger partial charge >= 0.3 is 0 Å². The monoisotopic (exact) mass is 604 g/mol.